The van der Waals surface area contributed by atoms with E-state index >= 15 is 0 Å². The van der Waals surface area contributed by atoms with Gasteiger partial charge in [-0.25, -0.2) is 0 Å². The van der Waals surface area contributed by atoms with Crippen LogP contribution in [0, 0.1) is 11.3 Å². The molecule has 0 saturated carbocycles. The van der Waals surface area contributed by atoms with E-state index in [1.54, 1.807) is 0 Å². The fourth-order valence-electron chi connectivity index (χ4n) is 1.73. The molecule has 0 aromatic heterocycles. The summed E-state index contributed by atoms with van der Waals surface area (Å²) in [5, 5.41) is 3.24. The van der Waals surface area contributed by atoms with Crippen molar-refractivity contribution in [3.63, 3.8) is 0 Å². The molecule has 1 fully saturated rings. The molecule has 1 N–H and O–H groups in total. The Morgan fingerprint density at radius 2 is 2.25 bits per heavy atom. The monoisotopic (exact) mass is 171 g/mol. The van der Waals surface area contributed by atoms with Gasteiger partial charge in [0.15, 0.2) is 0 Å². The molecule has 0 radical (unpaired) electrons. The van der Waals surface area contributed by atoms with Gasteiger partial charge in [-0.15, -0.1) is 0 Å². The molecular formula is C9H17NO2. The minimum atomic E-state index is -0.0877. The molecule has 0 aliphatic carbocycles. The largest absolute Gasteiger partial charge is 0.469 e. The Balaban J connectivity index is 2.52. The summed E-state index contributed by atoms with van der Waals surface area (Å²) >= 11 is 0. The molecule has 1 rings (SSSR count). The first-order chi connectivity index (χ1) is 5.55. The maximum Gasteiger partial charge on any atom is 0.309 e. The van der Waals surface area contributed by atoms with Crippen molar-refractivity contribution < 1.29 is 9.53 Å². The molecule has 12 heavy (non-hydrogen) atoms. The van der Waals surface area contributed by atoms with Gasteiger partial charge in [-0.05, 0) is 11.8 Å². The van der Waals surface area contributed by atoms with Gasteiger partial charge in [0.05, 0.1) is 13.0 Å². The van der Waals surface area contributed by atoms with Gasteiger partial charge in [-0.2, -0.15) is 0 Å². The molecule has 1 unspecified atom stereocenters. The van der Waals surface area contributed by atoms with Gasteiger partial charge in [0, 0.05) is 13.1 Å². The number of carbonyl (C=O) groups excluding carboxylic acids is 1. The Morgan fingerprint density at radius 3 is 2.75 bits per heavy atom. The summed E-state index contributed by atoms with van der Waals surface area (Å²) in [7, 11) is 1.45. The van der Waals surface area contributed by atoms with Crippen molar-refractivity contribution in [1.29, 1.82) is 0 Å². The normalized spacial score (nSPS) is 28.1. The summed E-state index contributed by atoms with van der Waals surface area (Å²) in [6, 6.07) is 0. The van der Waals surface area contributed by atoms with Crippen molar-refractivity contribution >= 4 is 5.97 Å². The lowest BCUT2D eigenvalue weighted by Gasteiger charge is -2.34. The highest BCUT2D eigenvalue weighted by molar-refractivity contribution is 5.72. The molecule has 1 heterocycles. The summed E-state index contributed by atoms with van der Waals surface area (Å²) in [4.78, 5) is 11.2. The molecule has 0 aromatic rings. The molecule has 0 spiro atoms. The lowest BCUT2D eigenvalue weighted by Crippen LogP contribution is -2.44. The van der Waals surface area contributed by atoms with Crippen LogP contribution in [0.5, 0.6) is 0 Å². The third kappa shape index (κ3) is 2.21. The molecule has 1 saturated heterocycles. The van der Waals surface area contributed by atoms with Gasteiger partial charge >= 0.3 is 5.97 Å². The van der Waals surface area contributed by atoms with Gasteiger partial charge in [-0.3, -0.25) is 4.79 Å². The number of carbonyl (C=O) groups is 1. The summed E-state index contributed by atoms with van der Waals surface area (Å²) in [6.45, 7) is 6.07. The SMILES string of the molecule is COC(=O)C1CNCC(C)(C)C1. The van der Waals surface area contributed by atoms with Crippen LogP contribution < -0.4 is 5.32 Å². The van der Waals surface area contributed by atoms with Crippen LogP contribution in [0.15, 0.2) is 0 Å². The number of ether oxygens (including phenoxy) is 1. The molecule has 1 aliphatic heterocycles. The molecular weight excluding hydrogens is 154 g/mol. The molecule has 1 aliphatic rings. The van der Waals surface area contributed by atoms with Crippen molar-refractivity contribution in [2.75, 3.05) is 20.2 Å². The fourth-order valence-corrected chi connectivity index (χ4v) is 1.73. The average Bonchev–Trinajstić information content (AvgIpc) is 2.01. The molecule has 1 atom stereocenters. The smallest absolute Gasteiger partial charge is 0.309 e. The van der Waals surface area contributed by atoms with E-state index in [2.05, 4.69) is 19.2 Å². The molecule has 0 amide bonds. The quantitative estimate of drug-likeness (QED) is 0.593. The minimum Gasteiger partial charge on any atom is -0.469 e. The van der Waals surface area contributed by atoms with E-state index in [0.717, 1.165) is 19.5 Å². The second-order valence-electron chi connectivity index (χ2n) is 4.22. The van der Waals surface area contributed by atoms with E-state index in [0.29, 0.717) is 0 Å². The third-order valence-corrected chi connectivity index (χ3v) is 2.33. The number of rotatable bonds is 1. The Kier molecular flexibility index (Phi) is 2.73. The van der Waals surface area contributed by atoms with E-state index in [4.69, 9.17) is 4.74 Å². The standard InChI is InChI=1S/C9H17NO2/c1-9(2)4-7(5-10-6-9)8(11)12-3/h7,10H,4-6H2,1-3H3. The molecule has 70 valence electrons. The average molecular weight is 171 g/mol. The van der Waals surface area contributed by atoms with E-state index in [-0.39, 0.29) is 17.3 Å². The van der Waals surface area contributed by atoms with Crippen LogP contribution in [0.4, 0.5) is 0 Å². The number of nitrogens with one attached hydrogen (secondary N) is 1. The van der Waals surface area contributed by atoms with Gasteiger partial charge < -0.3 is 10.1 Å². The Hall–Kier alpha value is -0.570. The number of methoxy groups -OCH3 is 1. The Morgan fingerprint density at radius 1 is 1.58 bits per heavy atom. The van der Waals surface area contributed by atoms with E-state index in [1.165, 1.54) is 7.11 Å². The van der Waals surface area contributed by atoms with Crippen LogP contribution in [0.25, 0.3) is 0 Å². The van der Waals surface area contributed by atoms with E-state index in [1.807, 2.05) is 0 Å². The summed E-state index contributed by atoms with van der Waals surface area (Å²) < 4.78 is 4.70. The van der Waals surface area contributed by atoms with Crippen molar-refractivity contribution in [3.8, 4) is 0 Å². The van der Waals surface area contributed by atoms with Crippen molar-refractivity contribution in [3.05, 3.63) is 0 Å². The Labute approximate surface area is 73.5 Å². The van der Waals surface area contributed by atoms with Crippen molar-refractivity contribution in [1.82, 2.24) is 5.32 Å². The van der Waals surface area contributed by atoms with Crippen molar-refractivity contribution in [2.24, 2.45) is 11.3 Å². The highest BCUT2D eigenvalue weighted by Crippen LogP contribution is 2.28. The minimum absolute atomic E-state index is 0.0405. The summed E-state index contributed by atoms with van der Waals surface area (Å²) in [5.74, 6) is -0.0472. The van der Waals surface area contributed by atoms with Crippen LogP contribution >= 0.6 is 0 Å². The highest BCUT2D eigenvalue weighted by Gasteiger charge is 2.32. The van der Waals surface area contributed by atoms with Crippen molar-refractivity contribution in [2.45, 2.75) is 20.3 Å². The second kappa shape index (κ2) is 3.44. The molecule has 3 heteroatoms. The number of esters is 1. The zero-order valence-electron chi connectivity index (χ0n) is 8.02. The maximum absolute atomic E-state index is 11.2. The van der Waals surface area contributed by atoms with Crippen LogP contribution in [-0.2, 0) is 9.53 Å². The highest BCUT2D eigenvalue weighted by atomic mass is 16.5. The third-order valence-electron chi connectivity index (χ3n) is 2.33. The first-order valence-electron chi connectivity index (χ1n) is 4.34. The number of hydrogen-bond donors (Lipinski definition) is 1. The predicted molar refractivity (Wildman–Crippen MR) is 46.8 cm³/mol. The number of hydrogen-bond acceptors (Lipinski definition) is 3. The zero-order chi connectivity index (χ0) is 9.19. The van der Waals surface area contributed by atoms with Gasteiger partial charge in [0.25, 0.3) is 0 Å². The van der Waals surface area contributed by atoms with Crippen LogP contribution in [-0.4, -0.2) is 26.2 Å². The van der Waals surface area contributed by atoms with Gasteiger partial charge in [0.2, 0.25) is 0 Å². The van der Waals surface area contributed by atoms with E-state index in [9.17, 15) is 4.79 Å². The Bertz CT molecular complexity index is 177. The topological polar surface area (TPSA) is 38.3 Å². The second-order valence-corrected chi connectivity index (χ2v) is 4.22. The van der Waals surface area contributed by atoms with E-state index < -0.39 is 0 Å². The van der Waals surface area contributed by atoms with Gasteiger partial charge in [-0.1, -0.05) is 13.8 Å². The van der Waals surface area contributed by atoms with Crippen LogP contribution in [0.3, 0.4) is 0 Å². The summed E-state index contributed by atoms with van der Waals surface area (Å²) in [6.07, 6.45) is 0.923. The van der Waals surface area contributed by atoms with Gasteiger partial charge in [0.1, 0.15) is 0 Å². The number of piperidine rings is 1. The first kappa shape index (κ1) is 9.52. The summed E-state index contributed by atoms with van der Waals surface area (Å²) in [5.41, 5.74) is 0.219. The predicted octanol–water partition coefficient (Wildman–Crippen LogP) is 0.795. The lowest BCUT2D eigenvalue weighted by molar-refractivity contribution is -0.147. The van der Waals surface area contributed by atoms with Crippen LogP contribution in [0.1, 0.15) is 20.3 Å². The fraction of sp³-hybridized carbons (Fsp3) is 0.889. The zero-order valence-corrected chi connectivity index (χ0v) is 8.02. The van der Waals surface area contributed by atoms with Crippen LogP contribution in [0.2, 0.25) is 0 Å². The first-order valence-corrected chi connectivity index (χ1v) is 4.34. The molecule has 0 aromatic carbocycles. The lowest BCUT2D eigenvalue weighted by atomic mass is 9.80. The molecule has 0 bridgehead atoms. The molecule has 3 nitrogen and oxygen atoms in total. The maximum atomic E-state index is 11.2.